The zero-order valence-corrected chi connectivity index (χ0v) is 12.5. The first-order chi connectivity index (χ1) is 11.3. The molecule has 0 aliphatic carbocycles. The number of ether oxygens (including phenoxy) is 1. The maximum absolute atomic E-state index is 5.74. The van der Waals surface area contributed by atoms with Crippen LogP contribution in [0, 0.1) is 0 Å². The van der Waals surface area contributed by atoms with E-state index in [1.807, 2.05) is 18.2 Å². The Morgan fingerprint density at radius 2 is 2.04 bits per heavy atom. The Kier molecular flexibility index (Phi) is 4.44. The lowest BCUT2D eigenvalue weighted by molar-refractivity contribution is 0.348. The van der Waals surface area contributed by atoms with Crippen LogP contribution in [0.5, 0.6) is 5.88 Å². The maximum atomic E-state index is 5.74. The van der Waals surface area contributed by atoms with Gasteiger partial charge in [0.05, 0.1) is 18.4 Å². The van der Waals surface area contributed by atoms with Crippen molar-refractivity contribution in [2.45, 2.75) is 6.54 Å². The molecule has 0 fully saturated rings. The van der Waals surface area contributed by atoms with Gasteiger partial charge in [-0.2, -0.15) is 4.98 Å². The minimum Gasteiger partial charge on any atom is -0.473 e. The zero-order valence-electron chi connectivity index (χ0n) is 12.5. The van der Waals surface area contributed by atoms with Crippen molar-refractivity contribution >= 4 is 0 Å². The molecule has 0 aliphatic rings. The van der Waals surface area contributed by atoms with E-state index in [1.54, 1.807) is 30.8 Å². The van der Waals surface area contributed by atoms with Crippen LogP contribution in [0.1, 0.15) is 5.82 Å². The van der Waals surface area contributed by atoms with Gasteiger partial charge in [0.25, 0.3) is 0 Å². The first-order valence-electron chi connectivity index (χ1n) is 7.12. The third kappa shape index (κ3) is 3.12. The fourth-order valence-electron chi connectivity index (χ4n) is 2.19. The minimum atomic E-state index is 0.203. The molecule has 0 atom stereocenters. The van der Waals surface area contributed by atoms with E-state index in [0.29, 0.717) is 29.8 Å². The van der Waals surface area contributed by atoms with E-state index in [4.69, 9.17) is 14.9 Å². The minimum absolute atomic E-state index is 0.203. The molecule has 0 amide bonds. The van der Waals surface area contributed by atoms with E-state index in [-0.39, 0.29) is 6.54 Å². The van der Waals surface area contributed by atoms with Gasteiger partial charge in [-0.25, -0.2) is 4.98 Å². The van der Waals surface area contributed by atoms with Gasteiger partial charge in [0.2, 0.25) is 5.88 Å². The normalized spacial score (nSPS) is 10.5. The standard InChI is InChI=1S/C17H16N4O2/c1-2-9-23-17-15(12-5-7-19-8-6-12)16(13-4-3-10-22-13)20-14(11-18)21-17/h2-8,10H,1,9,11,18H2. The summed E-state index contributed by atoms with van der Waals surface area (Å²) >= 11 is 0. The van der Waals surface area contributed by atoms with Crippen molar-refractivity contribution in [2.75, 3.05) is 6.61 Å². The summed E-state index contributed by atoms with van der Waals surface area (Å²) < 4.78 is 11.3. The molecule has 0 radical (unpaired) electrons. The van der Waals surface area contributed by atoms with E-state index in [0.717, 1.165) is 11.1 Å². The van der Waals surface area contributed by atoms with Crippen molar-refractivity contribution in [3.63, 3.8) is 0 Å². The van der Waals surface area contributed by atoms with Crippen LogP contribution in [0.15, 0.2) is 60.0 Å². The van der Waals surface area contributed by atoms with E-state index in [1.165, 1.54) is 0 Å². The highest BCUT2D eigenvalue weighted by Gasteiger charge is 2.20. The van der Waals surface area contributed by atoms with Gasteiger partial charge in [-0.3, -0.25) is 4.98 Å². The molecule has 3 aromatic heterocycles. The van der Waals surface area contributed by atoms with Gasteiger partial charge in [-0.1, -0.05) is 12.7 Å². The van der Waals surface area contributed by atoms with Crippen LogP contribution in [-0.2, 0) is 6.54 Å². The van der Waals surface area contributed by atoms with Crippen molar-refractivity contribution in [1.29, 1.82) is 0 Å². The van der Waals surface area contributed by atoms with Crippen LogP contribution in [0.4, 0.5) is 0 Å². The van der Waals surface area contributed by atoms with Crippen LogP contribution < -0.4 is 10.5 Å². The first-order valence-corrected chi connectivity index (χ1v) is 7.12. The number of nitrogens with two attached hydrogens (primary N) is 1. The zero-order chi connectivity index (χ0) is 16.1. The predicted molar refractivity (Wildman–Crippen MR) is 86.5 cm³/mol. The molecule has 6 nitrogen and oxygen atoms in total. The maximum Gasteiger partial charge on any atom is 0.225 e. The van der Waals surface area contributed by atoms with E-state index in [9.17, 15) is 0 Å². The summed E-state index contributed by atoms with van der Waals surface area (Å²) in [7, 11) is 0. The third-order valence-corrected chi connectivity index (χ3v) is 3.17. The second-order valence-corrected chi connectivity index (χ2v) is 4.69. The van der Waals surface area contributed by atoms with Crippen LogP contribution in [0.2, 0.25) is 0 Å². The summed E-state index contributed by atoms with van der Waals surface area (Å²) in [6, 6.07) is 7.38. The van der Waals surface area contributed by atoms with Gasteiger partial charge < -0.3 is 14.9 Å². The molecule has 0 unspecified atom stereocenters. The molecule has 0 saturated heterocycles. The highest BCUT2D eigenvalue weighted by Crippen LogP contribution is 2.37. The molecule has 3 aromatic rings. The molecule has 6 heteroatoms. The van der Waals surface area contributed by atoms with E-state index < -0.39 is 0 Å². The number of nitrogens with zero attached hydrogens (tertiary/aromatic N) is 3. The summed E-state index contributed by atoms with van der Waals surface area (Å²) in [5, 5.41) is 0. The average Bonchev–Trinajstić information content (AvgIpc) is 3.14. The summed E-state index contributed by atoms with van der Waals surface area (Å²) in [6.45, 7) is 4.20. The highest BCUT2D eigenvalue weighted by molar-refractivity contribution is 5.82. The quantitative estimate of drug-likeness (QED) is 0.705. The number of hydrogen-bond acceptors (Lipinski definition) is 6. The lowest BCUT2D eigenvalue weighted by Crippen LogP contribution is -2.08. The molecule has 0 spiro atoms. The lowest BCUT2D eigenvalue weighted by atomic mass is 10.0. The Morgan fingerprint density at radius 3 is 2.70 bits per heavy atom. The second-order valence-electron chi connectivity index (χ2n) is 4.69. The second kappa shape index (κ2) is 6.85. The summed E-state index contributed by atoms with van der Waals surface area (Å²) in [5.74, 6) is 1.54. The molecular weight excluding hydrogens is 292 g/mol. The molecule has 0 bridgehead atoms. The number of rotatable bonds is 6. The van der Waals surface area contributed by atoms with Crippen LogP contribution in [-0.4, -0.2) is 21.6 Å². The number of hydrogen-bond donors (Lipinski definition) is 1. The van der Waals surface area contributed by atoms with Crippen LogP contribution >= 0.6 is 0 Å². The van der Waals surface area contributed by atoms with E-state index >= 15 is 0 Å². The van der Waals surface area contributed by atoms with Gasteiger partial charge >= 0.3 is 0 Å². The molecule has 23 heavy (non-hydrogen) atoms. The monoisotopic (exact) mass is 308 g/mol. The molecule has 0 aliphatic heterocycles. The summed E-state index contributed by atoms with van der Waals surface area (Å²) in [5.41, 5.74) is 7.97. The van der Waals surface area contributed by atoms with E-state index in [2.05, 4.69) is 21.5 Å². The Hall–Kier alpha value is -2.99. The van der Waals surface area contributed by atoms with Crippen molar-refractivity contribution in [3.8, 4) is 28.5 Å². The summed E-state index contributed by atoms with van der Waals surface area (Å²) in [6.07, 6.45) is 6.66. The van der Waals surface area contributed by atoms with Crippen molar-refractivity contribution in [3.05, 3.63) is 61.4 Å². The highest BCUT2D eigenvalue weighted by atomic mass is 16.5. The van der Waals surface area contributed by atoms with Gasteiger partial charge in [-0.15, -0.1) is 0 Å². The van der Waals surface area contributed by atoms with Gasteiger partial charge in [0.1, 0.15) is 18.1 Å². The van der Waals surface area contributed by atoms with Gasteiger partial charge in [0, 0.05) is 12.4 Å². The van der Waals surface area contributed by atoms with Crippen molar-refractivity contribution < 1.29 is 9.15 Å². The number of pyridine rings is 1. The number of furan rings is 1. The lowest BCUT2D eigenvalue weighted by Gasteiger charge is -2.14. The third-order valence-electron chi connectivity index (χ3n) is 3.17. The fourth-order valence-corrected chi connectivity index (χ4v) is 2.19. The fraction of sp³-hybridized carbons (Fsp3) is 0.118. The number of aromatic nitrogens is 3. The van der Waals surface area contributed by atoms with Crippen molar-refractivity contribution in [2.24, 2.45) is 5.73 Å². The molecule has 2 N–H and O–H groups in total. The Labute approximate surface area is 133 Å². The average molecular weight is 308 g/mol. The van der Waals surface area contributed by atoms with Gasteiger partial charge in [-0.05, 0) is 29.8 Å². The Balaban J connectivity index is 2.25. The molecule has 3 rings (SSSR count). The SMILES string of the molecule is C=CCOc1nc(CN)nc(-c2ccco2)c1-c1ccncc1. The van der Waals surface area contributed by atoms with Crippen LogP contribution in [0.3, 0.4) is 0 Å². The Bertz CT molecular complexity index is 786. The Morgan fingerprint density at radius 1 is 1.22 bits per heavy atom. The van der Waals surface area contributed by atoms with Crippen LogP contribution in [0.25, 0.3) is 22.6 Å². The molecule has 0 saturated carbocycles. The van der Waals surface area contributed by atoms with Gasteiger partial charge in [0.15, 0.2) is 5.76 Å². The first kappa shape index (κ1) is 14.9. The molecule has 116 valence electrons. The molecular formula is C17H16N4O2. The summed E-state index contributed by atoms with van der Waals surface area (Å²) in [4.78, 5) is 13.0. The predicted octanol–water partition coefficient (Wildman–Crippen LogP) is 2.82. The largest absolute Gasteiger partial charge is 0.473 e. The van der Waals surface area contributed by atoms with Crippen molar-refractivity contribution in [1.82, 2.24) is 15.0 Å². The molecule has 0 aromatic carbocycles. The molecule has 3 heterocycles. The topological polar surface area (TPSA) is 87.1 Å². The smallest absolute Gasteiger partial charge is 0.225 e.